The van der Waals surface area contributed by atoms with E-state index in [1.807, 2.05) is 0 Å². The van der Waals surface area contributed by atoms with Crippen molar-refractivity contribution in [3.63, 3.8) is 0 Å². The van der Waals surface area contributed by atoms with Crippen LogP contribution in [0.15, 0.2) is 72.4 Å². The largest absolute Gasteiger partial charge is 0.405 e. The minimum Gasteiger partial charge on any atom is -0.405 e. The average Bonchev–Trinajstić information content (AvgIpc) is 3.51. The summed E-state index contributed by atoms with van der Waals surface area (Å²) in [5, 5.41) is 6.29. The van der Waals surface area contributed by atoms with Crippen LogP contribution in [0.1, 0.15) is 34.1 Å². The lowest BCUT2D eigenvalue weighted by atomic mass is 9.98. The number of hydrogen-bond donors (Lipinski definition) is 1. The molecule has 2 aromatic rings. The summed E-state index contributed by atoms with van der Waals surface area (Å²) >= 11 is 0. The van der Waals surface area contributed by atoms with Gasteiger partial charge >= 0.3 is 0 Å². The number of hydrogen-bond acceptors (Lipinski definition) is 8. The molecule has 6 rings (SSSR count). The molecule has 0 spiro atoms. The highest BCUT2D eigenvalue weighted by Gasteiger charge is 2.51. The van der Waals surface area contributed by atoms with Crippen molar-refractivity contribution in [1.29, 1.82) is 0 Å². The van der Waals surface area contributed by atoms with Crippen LogP contribution in [0.4, 0.5) is 0 Å². The zero-order chi connectivity index (χ0) is 29.9. The molecule has 6 atom stereocenters. The third-order valence-corrected chi connectivity index (χ3v) is 14.1. The van der Waals surface area contributed by atoms with Crippen LogP contribution in [0.5, 0.6) is 0 Å². The van der Waals surface area contributed by atoms with Crippen molar-refractivity contribution in [3.8, 4) is 0 Å². The summed E-state index contributed by atoms with van der Waals surface area (Å²) < 4.78 is 37.9. The zero-order valence-electron chi connectivity index (χ0n) is 25.9. The lowest BCUT2D eigenvalue weighted by molar-refractivity contribution is -0.158. The SMILES string of the molecule is CC1=CN([C@H]2C[CH][C@H](CO[Si](c3ccccc3)(c3ccccc3)C(C)(C)C)O2)C(C2COCCO2)NC1C1COCCO1. The Morgan fingerprint density at radius 3 is 2.02 bits per heavy atom. The molecule has 4 aliphatic rings. The quantitative estimate of drug-likeness (QED) is 0.459. The van der Waals surface area contributed by atoms with Crippen LogP contribution in [0.2, 0.25) is 5.04 Å². The van der Waals surface area contributed by atoms with Crippen LogP contribution in [0.25, 0.3) is 0 Å². The topological polar surface area (TPSA) is 70.7 Å². The number of rotatable bonds is 8. The standard InChI is InChI=1S/C34H47N2O6Si/c1-25-21-36(33(30-24-38-18-20-40-30)35-32(25)29-23-37-17-19-39-29)31-16-15-26(42-31)22-41-43(34(2,3)4,27-11-7-5-8-12-27)28-13-9-6-10-14-28/h5-15,21,26,29-33,35H,16-20,22-24H2,1-4H3/t26-,29?,30?,31-,32?,33?/m1/s1. The molecule has 0 amide bonds. The van der Waals surface area contributed by atoms with Gasteiger partial charge in [0.1, 0.15) is 24.6 Å². The monoisotopic (exact) mass is 607 g/mol. The molecule has 43 heavy (non-hydrogen) atoms. The van der Waals surface area contributed by atoms with E-state index in [0.717, 1.165) is 6.42 Å². The second kappa shape index (κ2) is 13.5. The van der Waals surface area contributed by atoms with E-state index >= 15 is 0 Å². The molecule has 4 heterocycles. The highest BCUT2D eigenvalue weighted by atomic mass is 28.4. The molecule has 3 saturated heterocycles. The number of ether oxygens (including phenoxy) is 5. The second-order valence-corrected chi connectivity index (χ2v) is 17.3. The molecule has 2 aromatic carbocycles. The van der Waals surface area contributed by atoms with Gasteiger partial charge in [-0.15, -0.1) is 0 Å². The van der Waals surface area contributed by atoms with Crippen molar-refractivity contribution in [2.24, 2.45) is 0 Å². The smallest absolute Gasteiger partial charge is 0.261 e. The maximum Gasteiger partial charge on any atom is 0.261 e. The molecular weight excluding hydrogens is 560 g/mol. The summed E-state index contributed by atoms with van der Waals surface area (Å²) in [5.41, 5.74) is 1.19. The molecule has 0 aliphatic carbocycles. The molecule has 3 fully saturated rings. The van der Waals surface area contributed by atoms with Gasteiger partial charge in [0.05, 0.1) is 58.4 Å². The van der Waals surface area contributed by atoms with Gasteiger partial charge in [-0.25, -0.2) is 0 Å². The fourth-order valence-corrected chi connectivity index (χ4v) is 11.6. The molecule has 0 saturated carbocycles. The molecular formula is C34H47N2O6Si. The van der Waals surface area contributed by atoms with Crippen LogP contribution < -0.4 is 15.7 Å². The van der Waals surface area contributed by atoms with Gasteiger partial charge in [-0.2, -0.15) is 0 Å². The molecule has 4 unspecified atom stereocenters. The minimum absolute atomic E-state index is 0.0340. The predicted molar refractivity (Wildman–Crippen MR) is 169 cm³/mol. The van der Waals surface area contributed by atoms with Crippen LogP contribution in [0.3, 0.4) is 0 Å². The van der Waals surface area contributed by atoms with Crippen LogP contribution in [-0.2, 0) is 28.1 Å². The van der Waals surface area contributed by atoms with Crippen molar-refractivity contribution in [3.05, 3.63) is 78.9 Å². The van der Waals surface area contributed by atoms with Crippen molar-refractivity contribution in [1.82, 2.24) is 10.2 Å². The van der Waals surface area contributed by atoms with Crippen LogP contribution in [0, 0.1) is 6.42 Å². The molecule has 233 valence electrons. The van der Waals surface area contributed by atoms with Gasteiger partial charge in [0.2, 0.25) is 0 Å². The lowest BCUT2D eigenvalue weighted by Gasteiger charge is -2.48. The van der Waals surface area contributed by atoms with Crippen LogP contribution >= 0.6 is 0 Å². The summed E-state index contributed by atoms with van der Waals surface area (Å²) in [5.74, 6) is 0. The lowest BCUT2D eigenvalue weighted by Crippen LogP contribution is -2.67. The molecule has 4 aliphatic heterocycles. The van der Waals surface area contributed by atoms with Crippen molar-refractivity contribution < 1.29 is 28.1 Å². The van der Waals surface area contributed by atoms with E-state index in [1.54, 1.807) is 0 Å². The van der Waals surface area contributed by atoms with Gasteiger partial charge in [-0.1, -0.05) is 81.4 Å². The van der Waals surface area contributed by atoms with E-state index in [0.29, 0.717) is 46.2 Å². The van der Waals surface area contributed by atoms with Crippen molar-refractivity contribution >= 4 is 18.7 Å². The fraction of sp³-hybridized carbons (Fsp3) is 0.559. The summed E-state index contributed by atoms with van der Waals surface area (Å²) in [6.07, 6.45) is 4.74. The van der Waals surface area contributed by atoms with E-state index < -0.39 is 8.32 Å². The first kappa shape index (κ1) is 30.9. The molecule has 8 nitrogen and oxygen atoms in total. The third-order valence-electron chi connectivity index (χ3n) is 9.07. The predicted octanol–water partition coefficient (Wildman–Crippen LogP) is 3.22. The summed E-state index contributed by atoms with van der Waals surface area (Å²) in [6.45, 7) is 13.1. The Morgan fingerprint density at radius 1 is 0.860 bits per heavy atom. The Morgan fingerprint density at radius 2 is 1.47 bits per heavy atom. The van der Waals surface area contributed by atoms with Gasteiger partial charge < -0.3 is 33.0 Å². The molecule has 0 bridgehead atoms. The number of nitrogens with zero attached hydrogens (tertiary/aromatic N) is 1. The summed E-state index contributed by atoms with van der Waals surface area (Å²) in [6, 6.07) is 21.6. The Balaban J connectivity index is 1.22. The van der Waals surface area contributed by atoms with Crippen molar-refractivity contribution in [2.45, 2.75) is 75.9 Å². The van der Waals surface area contributed by atoms with E-state index in [1.165, 1.54) is 15.9 Å². The molecule has 0 aromatic heterocycles. The molecule has 9 heteroatoms. The van der Waals surface area contributed by atoms with Crippen molar-refractivity contribution in [2.75, 3.05) is 46.2 Å². The molecule has 1 radical (unpaired) electrons. The first-order valence-electron chi connectivity index (χ1n) is 15.7. The third kappa shape index (κ3) is 6.51. The normalized spacial score (nSPS) is 30.7. The van der Waals surface area contributed by atoms with Gasteiger partial charge in [0, 0.05) is 6.20 Å². The van der Waals surface area contributed by atoms with E-state index in [-0.39, 0.29) is 41.8 Å². The highest BCUT2D eigenvalue weighted by Crippen LogP contribution is 2.38. The maximum atomic E-state index is 7.20. The zero-order valence-corrected chi connectivity index (χ0v) is 26.9. The average molecular weight is 608 g/mol. The summed E-state index contributed by atoms with van der Waals surface area (Å²) in [4.78, 5) is 2.29. The van der Waals surface area contributed by atoms with Crippen LogP contribution in [-0.4, -0.2) is 96.2 Å². The van der Waals surface area contributed by atoms with Gasteiger partial charge in [0.25, 0.3) is 8.32 Å². The van der Waals surface area contributed by atoms with E-state index in [4.69, 9.17) is 28.1 Å². The van der Waals surface area contributed by atoms with Gasteiger partial charge in [-0.3, -0.25) is 5.32 Å². The first-order chi connectivity index (χ1) is 20.9. The first-order valence-corrected chi connectivity index (χ1v) is 17.6. The Bertz CT molecular complexity index is 1160. The van der Waals surface area contributed by atoms with E-state index in [2.05, 4.69) is 111 Å². The highest BCUT2D eigenvalue weighted by molar-refractivity contribution is 6.99. The molecule has 1 N–H and O–H groups in total. The number of benzene rings is 2. The van der Waals surface area contributed by atoms with E-state index in [9.17, 15) is 0 Å². The second-order valence-electron chi connectivity index (χ2n) is 13.0. The fourth-order valence-electron chi connectivity index (χ4n) is 7.00. The van der Waals surface area contributed by atoms with Gasteiger partial charge in [-0.05, 0) is 40.8 Å². The maximum absolute atomic E-state index is 7.20. The Hall–Kier alpha value is -2.08. The summed E-state index contributed by atoms with van der Waals surface area (Å²) in [7, 11) is -2.66. The minimum atomic E-state index is -2.66. The van der Waals surface area contributed by atoms with Gasteiger partial charge in [0.15, 0.2) is 0 Å². The number of nitrogens with one attached hydrogen (secondary N) is 1. The Labute approximate surface area is 257 Å². The Kier molecular flexibility index (Phi) is 9.71.